The van der Waals surface area contributed by atoms with Gasteiger partial charge >= 0.3 is 5.51 Å². The highest BCUT2D eigenvalue weighted by atomic mass is 32.2. The molecule has 0 radical (unpaired) electrons. The molecule has 0 bridgehead atoms. The van der Waals surface area contributed by atoms with E-state index in [4.69, 9.17) is 0 Å². The third-order valence-electron chi connectivity index (χ3n) is 4.41. The van der Waals surface area contributed by atoms with Crippen LogP contribution in [0.3, 0.4) is 0 Å². The minimum absolute atomic E-state index is 0.0222. The van der Waals surface area contributed by atoms with Crippen LogP contribution in [0.15, 0.2) is 71.9 Å². The van der Waals surface area contributed by atoms with Gasteiger partial charge in [0.05, 0.1) is 4.90 Å². The van der Waals surface area contributed by atoms with Gasteiger partial charge in [0.25, 0.3) is 9.84 Å². The number of hydrogen-bond donors (Lipinski definition) is 1. The molecule has 0 saturated heterocycles. The van der Waals surface area contributed by atoms with Crippen molar-refractivity contribution in [1.29, 1.82) is 0 Å². The lowest BCUT2D eigenvalue weighted by Crippen LogP contribution is -2.24. The summed E-state index contributed by atoms with van der Waals surface area (Å²) in [4.78, 5) is 3.18. The minimum atomic E-state index is -5.45. The second kappa shape index (κ2) is 7.27. The third kappa shape index (κ3) is 3.60. The molecule has 0 aliphatic rings. The van der Waals surface area contributed by atoms with Crippen LogP contribution in [0.5, 0.6) is 5.75 Å². The Kier molecular flexibility index (Phi) is 5.16. The number of pyridine rings is 1. The van der Waals surface area contributed by atoms with Crippen LogP contribution in [0.4, 0.5) is 13.2 Å². The number of aromatic nitrogens is 1. The Balaban J connectivity index is 2.18. The molecule has 1 unspecified atom stereocenters. The van der Waals surface area contributed by atoms with Crippen LogP contribution >= 0.6 is 0 Å². The molecule has 28 heavy (non-hydrogen) atoms. The number of halogens is 3. The van der Waals surface area contributed by atoms with Gasteiger partial charge in [-0.2, -0.15) is 13.2 Å². The van der Waals surface area contributed by atoms with Crippen molar-refractivity contribution in [1.82, 2.24) is 4.98 Å². The van der Waals surface area contributed by atoms with E-state index < -0.39 is 26.2 Å². The minimum Gasteiger partial charge on any atom is -0.508 e. The summed E-state index contributed by atoms with van der Waals surface area (Å²) in [6.07, 6.45) is 3.13. The zero-order valence-corrected chi connectivity index (χ0v) is 15.5. The Morgan fingerprint density at radius 3 is 2.18 bits per heavy atom. The van der Waals surface area contributed by atoms with Crippen molar-refractivity contribution in [3.05, 3.63) is 89.2 Å². The highest BCUT2D eigenvalue weighted by Crippen LogP contribution is 2.39. The Morgan fingerprint density at radius 1 is 0.964 bits per heavy atom. The number of alkyl halides is 3. The topological polar surface area (TPSA) is 67.3 Å². The molecule has 146 valence electrons. The van der Waals surface area contributed by atoms with Crippen LogP contribution in [0.1, 0.15) is 28.2 Å². The van der Waals surface area contributed by atoms with Crippen molar-refractivity contribution in [2.75, 3.05) is 0 Å². The van der Waals surface area contributed by atoms with Gasteiger partial charge in [0, 0.05) is 23.9 Å². The molecule has 1 aromatic heterocycles. The number of sulfone groups is 1. The fourth-order valence-corrected chi connectivity index (χ4v) is 4.10. The Bertz CT molecular complexity index is 1100. The summed E-state index contributed by atoms with van der Waals surface area (Å²) in [5, 5.41) is 10.3. The van der Waals surface area contributed by atoms with Crippen LogP contribution in [0, 0.1) is 6.92 Å². The summed E-state index contributed by atoms with van der Waals surface area (Å²) < 4.78 is 62.3. The first-order valence-corrected chi connectivity index (χ1v) is 9.71. The molecular weight excluding hydrogens is 391 g/mol. The van der Waals surface area contributed by atoms with E-state index in [1.54, 1.807) is 42.7 Å². The number of rotatable bonds is 4. The maximum Gasteiger partial charge on any atom is 0.501 e. The fraction of sp³-hybridized carbons (Fsp3) is 0.150. The molecule has 3 aromatic rings. The summed E-state index contributed by atoms with van der Waals surface area (Å²) >= 11 is 0. The molecule has 1 heterocycles. The zero-order valence-electron chi connectivity index (χ0n) is 14.7. The molecule has 4 nitrogen and oxygen atoms in total. The number of aromatic hydroxyl groups is 1. The number of hydrogen-bond acceptors (Lipinski definition) is 4. The largest absolute Gasteiger partial charge is 0.508 e. The highest BCUT2D eigenvalue weighted by Gasteiger charge is 2.47. The second-order valence-electron chi connectivity index (χ2n) is 6.25. The van der Waals surface area contributed by atoms with Gasteiger partial charge in [-0.3, -0.25) is 4.98 Å². The smallest absolute Gasteiger partial charge is 0.501 e. The Morgan fingerprint density at radius 2 is 1.61 bits per heavy atom. The van der Waals surface area contributed by atoms with Crippen LogP contribution in [0.25, 0.3) is 0 Å². The molecular formula is C20H16F3NO3S. The lowest BCUT2D eigenvalue weighted by molar-refractivity contribution is -0.0436. The molecule has 0 saturated carbocycles. The maximum absolute atomic E-state index is 12.9. The van der Waals surface area contributed by atoms with Crippen molar-refractivity contribution in [2.45, 2.75) is 23.2 Å². The van der Waals surface area contributed by atoms with Crippen LogP contribution in [-0.2, 0) is 9.84 Å². The lowest BCUT2D eigenvalue weighted by Gasteiger charge is -2.21. The number of phenolic OH excluding ortho intramolecular Hbond substituents is 1. The fourth-order valence-electron chi connectivity index (χ4n) is 3.12. The van der Waals surface area contributed by atoms with Crippen molar-refractivity contribution < 1.29 is 26.7 Å². The summed E-state index contributed by atoms with van der Waals surface area (Å²) in [5.41, 5.74) is -3.56. The van der Waals surface area contributed by atoms with E-state index in [2.05, 4.69) is 4.98 Å². The maximum atomic E-state index is 12.9. The molecule has 2 aromatic carbocycles. The molecule has 0 spiro atoms. The van der Waals surface area contributed by atoms with E-state index >= 15 is 0 Å². The van der Waals surface area contributed by atoms with Gasteiger partial charge in [-0.25, -0.2) is 8.42 Å². The number of benzene rings is 2. The standard InChI is InChI=1S/C20H16F3NO3S/c1-13-12-15(6-7-18(13)28(26,27)20(21,22)23)19(14-8-10-24-11-9-14)16-4-2-3-5-17(16)25/h2-12,19,25H,1H3. The quantitative estimate of drug-likeness (QED) is 0.688. The summed E-state index contributed by atoms with van der Waals surface area (Å²) in [6.45, 7) is 1.32. The van der Waals surface area contributed by atoms with E-state index in [0.717, 1.165) is 11.6 Å². The van der Waals surface area contributed by atoms with Crippen molar-refractivity contribution in [3.8, 4) is 5.75 Å². The predicted octanol–water partition coefficient (Wildman–Crippen LogP) is 4.57. The highest BCUT2D eigenvalue weighted by molar-refractivity contribution is 7.92. The van der Waals surface area contributed by atoms with Gasteiger partial charge < -0.3 is 5.11 Å². The monoisotopic (exact) mass is 407 g/mol. The third-order valence-corrected chi connectivity index (χ3v) is 6.06. The number of nitrogens with zero attached hydrogens (tertiary/aromatic N) is 1. The summed E-state index contributed by atoms with van der Waals surface area (Å²) in [5.74, 6) is -0.487. The van der Waals surface area contributed by atoms with Crippen LogP contribution < -0.4 is 0 Å². The molecule has 1 atom stereocenters. The SMILES string of the molecule is Cc1cc(C(c2ccncc2)c2ccccc2O)ccc1S(=O)(=O)C(F)(F)F. The van der Waals surface area contributed by atoms with Gasteiger partial charge in [-0.05, 0) is 47.9 Å². The van der Waals surface area contributed by atoms with Crippen molar-refractivity contribution >= 4 is 9.84 Å². The first kappa shape index (κ1) is 19.9. The van der Waals surface area contributed by atoms with E-state index in [1.165, 1.54) is 25.1 Å². The van der Waals surface area contributed by atoms with E-state index in [1.807, 2.05) is 0 Å². The predicted molar refractivity (Wildman–Crippen MR) is 97.7 cm³/mol. The summed E-state index contributed by atoms with van der Waals surface area (Å²) in [7, 11) is -5.45. The molecule has 8 heteroatoms. The average Bonchev–Trinajstić information content (AvgIpc) is 2.63. The normalized spacial score (nSPS) is 13.3. The number of phenols is 1. The molecule has 0 fully saturated rings. The number of para-hydroxylation sites is 1. The Labute approximate surface area is 160 Å². The van der Waals surface area contributed by atoms with Gasteiger partial charge in [0.2, 0.25) is 0 Å². The zero-order chi connectivity index (χ0) is 20.5. The van der Waals surface area contributed by atoms with Gasteiger partial charge in [0.15, 0.2) is 0 Å². The summed E-state index contributed by atoms with van der Waals surface area (Å²) in [6, 6.07) is 13.8. The first-order chi connectivity index (χ1) is 13.1. The van der Waals surface area contributed by atoms with E-state index in [9.17, 15) is 26.7 Å². The number of aryl methyl sites for hydroxylation is 1. The van der Waals surface area contributed by atoms with E-state index in [-0.39, 0.29) is 11.3 Å². The molecule has 3 rings (SSSR count). The average molecular weight is 407 g/mol. The van der Waals surface area contributed by atoms with Gasteiger partial charge in [-0.1, -0.05) is 30.3 Å². The second-order valence-corrected chi connectivity index (χ2v) is 8.16. The first-order valence-electron chi connectivity index (χ1n) is 8.22. The molecule has 0 aliphatic carbocycles. The lowest BCUT2D eigenvalue weighted by atomic mass is 9.84. The van der Waals surface area contributed by atoms with Crippen LogP contribution in [0.2, 0.25) is 0 Å². The van der Waals surface area contributed by atoms with E-state index in [0.29, 0.717) is 11.1 Å². The Hall–Kier alpha value is -2.87. The van der Waals surface area contributed by atoms with Gasteiger partial charge in [0.1, 0.15) is 5.75 Å². The molecule has 0 amide bonds. The van der Waals surface area contributed by atoms with Gasteiger partial charge in [-0.15, -0.1) is 0 Å². The van der Waals surface area contributed by atoms with Crippen molar-refractivity contribution in [2.24, 2.45) is 0 Å². The van der Waals surface area contributed by atoms with Crippen molar-refractivity contribution in [3.63, 3.8) is 0 Å². The molecule has 0 aliphatic heterocycles. The van der Waals surface area contributed by atoms with Crippen LogP contribution in [-0.4, -0.2) is 24.0 Å². The molecule has 1 N–H and O–H groups in total.